The number of piperazine rings is 1. The molecule has 4 rings (SSSR count). The molecule has 0 bridgehead atoms. The molecule has 0 spiro atoms. The topological polar surface area (TPSA) is 62.7 Å². The first-order valence-corrected chi connectivity index (χ1v) is 8.28. The number of rotatable bonds is 3. The third-order valence-electron chi connectivity index (χ3n) is 4.66. The van der Waals surface area contributed by atoms with Crippen LogP contribution in [0.5, 0.6) is 0 Å². The van der Waals surface area contributed by atoms with Gasteiger partial charge in [-0.15, -0.1) is 0 Å². The number of hydrogen-bond donors (Lipinski definition) is 1. The molecule has 24 heavy (non-hydrogen) atoms. The van der Waals surface area contributed by atoms with Crippen molar-refractivity contribution in [2.75, 3.05) is 39.0 Å². The van der Waals surface area contributed by atoms with Gasteiger partial charge in [-0.3, -0.25) is 9.88 Å². The average molecular weight is 322 g/mol. The zero-order valence-electron chi connectivity index (χ0n) is 13.9. The second-order valence-electron chi connectivity index (χ2n) is 6.41. The molecule has 1 aliphatic heterocycles. The molecule has 124 valence electrons. The minimum atomic E-state index is 0.751. The fourth-order valence-corrected chi connectivity index (χ4v) is 3.22. The molecule has 1 fully saturated rings. The molecule has 0 saturated carbocycles. The van der Waals surface area contributed by atoms with Crippen LogP contribution in [0.4, 0.5) is 5.69 Å². The number of nitrogens with zero attached hydrogens (tertiary/aromatic N) is 5. The highest BCUT2D eigenvalue weighted by Crippen LogP contribution is 2.26. The van der Waals surface area contributed by atoms with Gasteiger partial charge in [0.2, 0.25) is 0 Å². The predicted molar refractivity (Wildman–Crippen MR) is 95.6 cm³/mol. The lowest BCUT2D eigenvalue weighted by atomic mass is 10.1. The lowest BCUT2D eigenvalue weighted by Gasteiger charge is -2.32. The van der Waals surface area contributed by atoms with Crippen LogP contribution in [0.2, 0.25) is 0 Å². The Morgan fingerprint density at radius 3 is 2.54 bits per heavy atom. The maximum atomic E-state index is 6.01. The number of imidazole rings is 1. The van der Waals surface area contributed by atoms with Crippen LogP contribution in [-0.2, 0) is 6.54 Å². The van der Waals surface area contributed by atoms with Gasteiger partial charge >= 0.3 is 0 Å². The average Bonchev–Trinajstić information content (AvgIpc) is 2.95. The SMILES string of the molecule is CN1CCN(Cc2c(-c3ccncc3)nc3ccc(N)cn23)CC1. The Labute approximate surface area is 141 Å². The van der Waals surface area contributed by atoms with Crippen molar-refractivity contribution in [3.8, 4) is 11.3 Å². The largest absolute Gasteiger partial charge is 0.398 e. The van der Waals surface area contributed by atoms with Crippen molar-refractivity contribution in [2.45, 2.75) is 6.54 Å². The van der Waals surface area contributed by atoms with Crippen LogP contribution >= 0.6 is 0 Å². The molecular formula is C18H22N6. The van der Waals surface area contributed by atoms with Crippen molar-refractivity contribution >= 4 is 11.3 Å². The highest BCUT2D eigenvalue weighted by atomic mass is 15.3. The number of anilines is 1. The molecule has 2 N–H and O–H groups in total. The molecule has 1 aliphatic rings. The van der Waals surface area contributed by atoms with Gasteiger partial charge in [0, 0.05) is 62.6 Å². The Morgan fingerprint density at radius 1 is 1.04 bits per heavy atom. The van der Waals surface area contributed by atoms with Crippen LogP contribution < -0.4 is 5.73 Å². The predicted octanol–water partition coefficient (Wildman–Crippen LogP) is 1.73. The number of nitrogens with two attached hydrogens (primary N) is 1. The van der Waals surface area contributed by atoms with Crippen LogP contribution in [-0.4, -0.2) is 57.4 Å². The summed E-state index contributed by atoms with van der Waals surface area (Å²) in [5.74, 6) is 0. The van der Waals surface area contributed by atoms with Crippen LogP contribution in [0.25, 0.3) is 16.9 Å². The number of nitrogen functional groups attached to an aromatic ring is 1. The molecule has 0 radical (unpaired) electrons. The Balaban J connectivity index is 1.77. The van der Waals surface area contributed by atoms with E-state index in [2.05, 4.69) is 26.2 Å². The summed E-state index contributed by atoms with van der Waals surface area (Å²) in [4.78, 5) is 13.8. The van der Waals surface area contributed by atoms with Gasteiger partial charge < -0.3 is 15.0 Å². The summed E-state index contributed by atoms with van der Waals surface area (Å²) in [5, 5.41) is 0. The number of fused-ring (bicyclic) bond motifs is 1. The van der Waals surface area contributed by atoms with E-state index in [-0.39, 0.29) is 0 Å². The molecule has 0 unspecified atom stereocenters. The van der Waals surface area contributed by atoms with Gasteiger partial charge in [-0.1, -0.05) is 0 Å². The number of likely N-dealkylation sites (N-methyl/N-ethyl adjacent to an activating group) is 1. The molecule has 0 aliphatic carbocycles. The summed E-state index contributed by atoms with van der Waals surface area (Å²) >= 11 is 0. The highest BCUT2D eigenvalue weighted by Gasteiger charge is 2.20. The Hall–Kier alpha value is -2.44. The third kappa shape index (κ3) is 2.86. The summed E-state index contributed by atoms with van der Waals surface area (Å²) < 4.78 is 2.13. The van der Waals surface area contributed by atoms with E-state index in [1.165, 1.54) is 5.69 Å². The number of aromatic nitrogens is 3. The monoisotopic (exact) mass is 322 g/mol. The first-order chi connectivity index (χ1) is 11.7. The van der Waals surface area contributed by atoms with Gasteiger partial charge in [0.1, 0.15) is 5.65 Å². The Kier molecular flexibility index (Phi) is 3.92. The summed E-state index contributed by atoms with van der Waals surface area (Å²) in [6, 6.07) is 7.91. The quantitative estimate of drug-likeness (QED) is 0.795. The molecule has 0 amide bonds. The van der Waals surface area contributed by atoms with E-state index in [9.17, 15) is 0 Å². The molecule has 0 atom stereocenters. The molecular weight excluding hydrogens is 300 g/mol. The summed E-state index contributed by atoms with van der Waals surface area (Å²) in [5.41, 5.74) is 11.0. The Bertz CT molecular complexity index is 833. The maximum Gasteiger partial charge on any atom is 0.137 e. The van der Waals surface area contributed by atoms with Crippen molar-refractivity contribution in [1.82, 2.24) is 24.2 Å². The van der Waals surface area contributed by atoms with Crippen LogP contribution in [0.1, 0.15) is 5.69 Å². The molecule has 4 heterocycles. The molecule has 6 nitrogen and oxygen atoms in total. The van der Waals surface area contributed by atoms with Crippen molar-refractivity contribution in [3.05, 3.63) is 48.5 Å². The smallest absolute Gasteiger partial charge is 0.137 e. The van der Waals surface area contributed by atoms with E-state index in [1.807, 2.05) is 42.9 Å². The second-order valence-corrected chi connectivity index (χ2v) is 6.41. The molecule has 1 saturated heterocycles. The summed E-state index contributed by atoms with van der Waals surface area (Å²) in [6.07, 6.45) is 5.60. The maximum absolute atomic E-state index is 6.01. The van der Waals surface area contributed by atoms with Crippen LogP contribution in [0.15, 0.2) is 42.9 Å². The minimum absolute atomic E-state index is 0.751. The fraction of sp³-hybridized carbons (Fsp3) is 0.333. The normalized spacial score (nSPS) is 16.7. The van der Waals surface area contributed by atoms with Gasteiger partial charge in [-0.25, -0.2) is 4.98 Å². The Morgan fingerprint density at radius 2 is 1.79 bits per heavy atom. The van der Waals surface area contributed by atoms with E-state index < -0.39 is 0 Å². The summed E-state index contributed by atoms with van der Waals surface area (Å²) in [7, 11) is 2.18. The van der Waals surface area contributed by atoms with Gasteiger partial charge in [-0.2, -0.15) is 0 Å². The molecule has 3 aromatic heterocycles. The first-order valence-electron chi connectivity index (χ1n) is 8.28. The van der Waals surface area contributed by atoms with Crippen LogP contribution in [0, 0.1) is 0 Å². The third-order valence-corrected chi connectivity index (χ3v) is 4.66. The van der Waals surface area contributed by atoms with Gasteiger partial charge in [0.05, 0.1) is 11.4 Å². The lowest BCUT2D eigenvalue weighted by Crippen LogP contribution is -2.44. The van der Waals surface area contributed by atoms with Gasteiger partial charge in [-0.05, 0) is 31.3 Å². The van der Waals surface area contributed by atoms with Gasteiger partial charge in [0.15, 0.2) is 0 Å². The minimum Gasteiger partial charge on any atom is -0.398 e. The lowest BCUT2D eigenvalue weighted by molar-refractivity contribution is 0.147. The zero-order chi connectivity index (χ0) is 16.5. The van der Waals surface area contributed by atoms with Gasteiger partial charge in [0.25, 0.3) is 0 Å². The van der Waals surface area contributed by atoms with E-state index in [4.69, 9.17) is 10.7 Å². The van der Waals surface area contributed by atoms with E-state index in [0.717, 1.165) is 55.3 Å². The highest BCUT2D eigenvalue weighted by molar-refractivity contribution is 5.67. The van der Waals surface area contributed by atoms with Crippen molar-refractivity contribution in [2.24, 2.45) is 0 Å². The molecule has 6 heteroatoms. The van der Waals surface area contributed by atoms with Crippen molar-refractivity contribution < 1.29 is 0 Å². The zero-order valence-corrected chi connectivity index (χ0v) is 13.9. The second kappa shape index (κ2) is 6.22. The number of hydrogen-bond acceptors (Lipinski definition) is 5. The van der Waals surface area contributed by atoms with E-state index >= 15 is 0 Å². The fourth-order valence-electron chi connectivity index (χ4n) is 3.22. The van der Waals surface area contributed by atoms with Crippen LogP contribution in [0.3, 0.4) is 0 Å². The molecule has 3 aromatic rings. The first kappa shape index (κ1) is 15.1. The van der Waals surface area contributed by atoms with Crippen molar-refractivity contribution in [3.63, 3.8) is 0 Å². The standard InChI is InChI=1S/C18H22N6/c1-22-8-10-23(11-9-22)13-16-18(14-4-6-20-7-5-14)21-17-3-2-15(19)12-24(16)17/h2-7,12H,8-11,13,19H2,1H3. The van der Waals surface area contributed by atoms with E-state index in [1.54, 1.807) is 0 Å². The van der Waals surface area contributed by atoms with Crippen molar-refractivity contribution in [1.29, 1.82) is 0 Å². The van der Waals surface area contributed by atoms with E-state index in [0.29, 0.717) is 0 Å². The number of pyridine rings is 2. The summed E-state index contributed by atoms with van der Waals surface area (Å²) in [6.45, 7) is 5.21. The molecule has 0 aromatic carbocycles.